The number of aromatic nitrogens is 2. The van der Waals surface area contributed by atoms with Crippen molar-refractivity contribution in [3.8, 4) is 0 Å². The molecule has 1 fully saturated rings. The van der Waals surface area contributed by atoms with Crippen LogP contribution in [-0.4, -0.2) is 41.0 Å². The second-order valence-electron chi connectivity index (χ2n) is 6.32. The molecule has 0 amide bonds. The van der Waals surface area contributed by atoms with E-state index in [4.69, 9.17) is 4.98 Å². The average Bonchev–Trinajstić information content (AvgIpc) is 2.88. The Hall–Kier alpha value is -0.810. The van der Waals surface area contributed by atoms with Gasteiger partial charge in [0.2, 0.25) is 0 Å². The van der Waals surface area contributed by atoms with Crippen LogP contribution in [0.1, 0.15) is 30.5 Å². The Morgan fingerprint density at radius 3 is 2.61 bits per heavy atom. The number of aryl methyl sites for hydroxylation is 1. The van der Waals surface area contributed by atoms with Crippen LogP contribution in [0.4, 0.5) is 0 Å². The zero-order valence-corrected chi connectivity index (χ0v) is 15.6. The SMILES string of the molecule is CNCCC1CCN(Cc2cn3cc(C)ccc3n2)CC1.Cl.Cl. The first kappa shape index (κ1) is 20.2. The van der Waals surface area contributed by atoms with Gasteiger partial charge in [0.1, 0.15) is 5.65 Å². The Balaban J connectivity index is 0.00000132. The van der Waals surface area contributed by atoms with Crippen LogP contribution in [-0.2, 0) is 6.54 Å². The van der Waals surface area contributed by atoms with Crippen molar-refractivity contribution in [2.24, 2.45) is 5.92 Å². The summed E-state index contributed by atoms with van der Waals surface area (Å²) in [5, 5.41) is 3.26. The molecule has 4 nitrogen and oxygen atoms in total. The zero-order chi connectivity index (χ0) is 14.7. The predicted molar refractivity (Wildman–Crippen MR) is 101 cm³/mol. The number of halogens is 2. The Morgan fingerprint density at radius 1 is 1.17 bits per heavy atom. The second-order valence-corrected chi connectivity index (χ2v) is 6.32. The van der Waals surface area contributed by atoms with Crippen LogP contribution in [0.5, 0.6) is 0 Å². The Morgan fingerprint density at radius 2 is 1.91 bits per heavy atom. The maximum absolute atomic E-state index is 4.73. The molecule has 6 heteroatoms. The van der Waals surface area contributed by atoms with Crippen molar-refractivity contribution in [2.45, 2.75) is 32.7 Å². The molecule has 3 heterocycles. The molecule has 3 rings (SSSR count). The quantitative estimate of drug-likeness (QED) is 0.889. The van der Waals surface area contributed by atoms with Crippen LogP contribution >= 0.6 is 24.8 Å². The highest BCUT2D eigenvalue weighted by atomic mass is 35.5. The van der Waals surface area contributed by atoms with Gasteiger partial charge in [0.25, 0.3) is 0 Å². The van der Waals surface area contributed by atoms with Gasteiger partial charge in [-0.05, 0) is 70.4 Å². The van der Waals surface area contributed by atoms with Gasteiger partial charge in [-0.1, -0.05) is 6.07 Å². The predicted octanol–water partition coefficient (Wildman–Crippen LogP) is 3.31. The fraction of sp³-hybridized carbons (Fsp3) is 0.588. The standard InChI is InChI=1S/C17H26N4.2ClH/c1-14-3-4-17-19-16(13-21(17)11-14)12-20-9-6-15(7-10-20)5-8-18-2;;/h3-4,11,13,15,18H,5-10,12H2,1-2H3;2*1H. The van der Waals surface area contributed by atoms with Gasteiger partial charge in [-0.25, -0.2) is 4.98 Å². The van der Waals surface area contributed by atoms with Gasteiger partial charge < -0.3 is 9.72 Å². The minimum atomic E-state index is 0. The number of hydrogen-bond acceptors (Lipinski definition) is 3. The maximum atomic E-state index is 4.73. The molecule has 130 valence electrons. The number of piperidine rings is 1. The van der Waals surface area contributed by atoms with E-state index in [0.29, 0.717) is 0 Å². The lowest BCUT2D eigenvalue weighted by atomic mass is 9.93. The number of hydrogen-bond donors (Lipinski definition) is 1. The maximum Gasteiger partial charge on any atom is 0.137 e. The van der Waals surface area contributed by atoms with Gasteiger partial charge in [0.15, 0.2) is 0 Å². The second kappa shape index (κ2) is 9.48. The molecule has 0 spiro atoms. The topological polar surface area (TPSA) is 32.6 Å². The first-order chi connectivity index (χ1) is 10.2. The van der Waals surface area contributed by atoms with Gasteiger partial charge in [0, 0.05) is 18.9 Å². The van der Waals surface area contributed by atoms with Gasteiger partial charge in [-0.3, -0.25) is 4.90 Å². The van der Waals surface area contributed by atoms with Crippen LogP contribution < -0.4 is 5.32 Å². The third kappa shape index (κ3) is 5.35. The molecule has 0 radical (unpaired) electrons. The molecule has 1 aliphatic rings. The summed E-state index contributed by atoms with van der Waals surface area (Å²) in [7, 11) is 2.04. The number of nitrogens with one attached hydrogen (secondary N) is 1. The van der Waals surface area contributed by atoms with Crippen molar-refractivity contribution >= 4 is 30.5 Å². The van der Waals surface area contributed by atoms with Crippen molar-refractivity contribution in [3.63, 3.8) is 0 Å². The molecule has 0 unspecified atom stereocenters. The monoisotopic (exact) mass is 358 g/mol. The third-order valence-electron chi connectivity index (χ3n) is 4.54. The molecular formula is C17H28Cl2N4. The minimum Gasteiger partial charge on any atom is -0.320 e. The number of rotatable bonds is 5. The van der Waals surface area contributed by atoms with E-state index in [2.05, 4.69) is 46.1 Å². The van der Waals surface area contributed by atoms with Gasteiger partial charge >= 0.3 is 0 Å². The van der Waals surface area contributed by atoms with E-state index in [9.17, 15) is 0 Å². The summed E-state index contributed by atoms with van der Waals surface area (Å²) in [4.78, 5) is 7.27. The lowest BCUT2D eigenvalue weighted by Crippen LogP contribution is -2.34. The van der Waals surface area contributed by atoms with E-state index in [1.54, 1.807) is 0 Å². The number of fused-ring (bicyclic) bond motifs is 1. The smallest absolute Gasteiger partial charge is 0.137 e. The van der Waals surface area contributed by atoms with Crippen LogP contribution in [0.25, 0.3) is 5.65 Å². The van der Waals surface area contributed by atoms with Crippen molar-refractivity contribution in [1.29, 1.82) is 0 Å². The molecule has 0 saturated carbocycles. The average molecular weight is 359 g/mol. The molecule has 0 aliphatic carbocycles. The Labute approximate surface area is 151 Å². The van der Waals surface area contributed by atoms with E-state index in [-0.39, 0.29) is 24.8 Å². The highest BCUT2D eigenvalue weighted by Crippen LogP contribution is 2.21. The summed E-state index contributed by atoms with van der Waals surface area (Å²) in [5.41, 5.74) is 3.52. The molecule has 0 bridgehead atoms. The minimum absolute atomic E-state index is 0. The van der Waals surface area contributed by atoms with Crippen LogP contribution in [0.2, 0.25) is 0 Å². The lowest BCUT2D eigenvalue weighted by molar-refractivity contribution is 0.171. The Bertz CT molecular complexity index is 591. The van der Waals surface area contributed by atoms with Gasteiger partial charge in [0.05, 0.1) is 5.69 Å². The van der Waals surface area contributed by atoms with Crippen molar-refractivity contribution < 1.29 is 0 Å². The summed E-state index contributed by atoms with van der Waals surface area (Å²) in [6.45, 7) is 6.67. The van der Waals surface area contributed by atoms with Gasteiger partial charge in [-0.2, -0.15) is 0 Å². The lowest BCUT2D eigenvalue weighted by Gasteiger charge is -2.31. The van der Waals surface area contributed by atoms with Crippen LogP contribution in [0.3, 0.4) is 0 Å². The molecule has 23 heavy (non-hydrogen) atoms. The molecule has 0 atom stereocenters. The molecular weight excluding hydrogens is 331 g/mol. The summed E-state index contributed by atoms with van der Waals surface area (Å²) < 4.78 is 2.14. The highest BCUT2D eigenvalue weighted by Gasteiger charge is 2.19. The first-order valence-corrected chi connectivity index (χ1v) is 8.06. The zero-order valence-electron chi connectivity index (χ0n) is 14.0. The largest absolute Gasteiger partial charge is 0.320 e. The molecule has 0 aromatic carbocycles. The number of likely N-dealkylation sites (tertiary alicyclic amines) is 1. The third-order valence-corrected chi connectivity index (χ3v) is 4.54. The molecule has 1 saturated heterocycles. The van der Waals surface area contributed by atoms with E-state index in [1.165, 1.54) is 43.6 Å². The van der Waals surface area contributed by atoms with E-state index in [1.807, 2.05) is 7.05 Å². The van der Waals surface area contributed by atoms with Crippen LogP contribution in [0.15, 0.2) is 24.5 Å². The summed E-state index contributed by atoms with van der Waals surface area (Å²) in [6, 6.07) is 4.22. The Kier molecular flexibility index (Phi) is 8.34. The summed E-state index contributed by atoms with van der Waals surface area (Å²) >= 11 is 0. The number of nitrogens with zero attached hydrogens (tertiary/aromatic N) is 3. The fourth-order valence-corrected chi connectivity index (χ4v) is 3.24. The van der Waals surface area contributed by atoms with Gasteiger partial charge in [-0.15, -0.1) is 24.8 Å². The molecule has 2 aromatic rings. The number of imidazole rings is 1. The first-order valence-electron chi connectivity index (χ1n) is 8.06. The molecule has 1 aliphatic heterocycles. The van der Waals surface area contributed by atoms with E-state index < -0.39 is 0 Å². The van der Waals surface area contributed by atoms with E-state index in [0.717, 1.165) is 24.7 Å². The van der Waals surface area contributed by atoms with E-state index >= 15 is 0 Å². The van der Waals surface area contributed by atoms with Crippen molar-refractivity contribution in [1.82, 2.24) is 19.6 Å². The normalized spacial score (nSPS) is 16.1. The van der Waals surface area contributed by atoms with Crippen molar-refractivity contribution in [2.75, 3.05) is 26.7 Å². The highest BCUT2D eigenvalue weighted by molar-refractivity contribution is 5.85. The van der Waals surface area contributed by atoms with Crippen molar-refractivity contribution in [3.05, 3.63) is 35.8 Å². The summed E-state index contributed by atoms with van der Waals surface area (Å²) in [5.74, 6) is 0.900. The summed E-state index contributed by atoms with van der Waals surface area (Å²) in [6.07, 6.45) is 8.30. The van der Waals surface area contributed by atoms with Crippen LogP contribution in [0, 0.1) is 12.8 Å². The molecule has 1 N–H and O–H groups in total. The number of pyridine rings is 1. The fourth-order valence-electron chi connectivity index (χ4n) is 3.24. The molecule has 2 aromatic heterocycles.